The van der Waals surface area contributed by atoms with Crippen molar-refractivity contribution in [1.29, 1.82) is 0 Å². The van der Waals surface area contributed by atoms with Crippen LogP contribution in [0.1, 0.15) is 44.4 Å². The van der Waals surface area contributed by atoms with E-state index in [0.29, 0.717) is 0 Å². The van der Waals surface area contributed by atoms with Crippen molar-refractivity contribution >= 4 is 5.82 Å². The number of anilines is 1. The zero-order valence-electron chi connectivity index (χ0n) is 13.0. The van der Waals surface area contributed by atoms with Crippen LogP contribution in [0.3, 0.4) is 0 Å². The Bertz CT molecular complexity index is 457. The van der Waals surface area contributed by atoms with E-state index in [9.17, 15) is 0 Å². The number of rotatable bonds is 4. The van der Waals surface area contributed by atoms with Crippen molar-refractivity contribution < 1.29 is 0 Å². The second-order valence-corrected chi connectivity index (χ2v) is 6.98. The predicted molar refractivity (Wildman–Crippen MR) is 84.0 cm³/mol. The second-order valence-electron chi connectivity index (χ2n) is 6.98. The quantitative estimate of drug-likeness (QED) is 0.913. The smallest absolute Gasteiger partial charge is 0.129 e. The first-order valence-corrected chi connectivity index (χ1v) is 8.06. The van der Waals surface area contributed by atoms with Gasteiger partial charge in [-0.2, -0.15) is 0 Å². The summed E-state index contributed by atoms with van der Waals surface area (Å²) in [6.45, 7) is 10.1. The summed E-state index contributed by atoms with van der Waals surface area (Å²) in [7, 11) is 0. The lowest BCUT2D eigenvalue weighted by Crippen LogP contribution is -2.39. The van der Waals surface area contributed by atoms with Crippen molar-refractivity contribution in [1.82, 2.24) is 10.3 Å². The van der Waals surface area contributed by atoms with Crippen LogP contribution in [0.25, 0.3) is 0 Å². The summed E-state index contributed by atoms with van der Waals surface area (Å²) >= 11 is 0. The van der Waals surface area contributed by atoms with Gasteiger partial charge >= 0.3 is 0 Å². The Kier molecular flexibility index (Phi) is 3.97. The average molecular weight is 273 g/mol. The van der Waals surface area contributed by atoms with Gasteiger partial charge in [0.1, 0.15) is 5.82 Å². The first kappa shape index (κ1) is 13.9. The second kappa shape index (κ2) is 5.72. The van der Waals surface area contributed by atoms with Crippen LogP contribution in [0.4, 0.5) is 5.82 Å². The highest BCUT2D eigenvalue weighted by Gasteiger charge is 2.23. The maximum absolute atomic E-state index is 4.77. The number of piperidine rings is 1. The number of hydrogen-bond donors (Lipinski definition) is 1. The Morgan fingerprint density at radius 3 is 2.55 bits per heavy atom. The van der Waals surface area contributed by atoms with Crippen LogP contribution in [0.5, 0.6) is 0 Å². The molecule has 1 saturated heterocycles. The van der Waals surface area contributed by atoms with E-state index >= 15 is 0 Å². The molecule has 2 unspecified atom stereocenters. The molecule has 3 heteroatoms. The molecular weight excluding hydrogens is 246 g/mol. The Morgan fingerprint density at radius 2 is 1.90 bits per heavy atom. The molecule has 2 atom stereocenters. The van der Waals surface area contributed by atoms with E-state index in [-0.39, 0.29) is 0 Å². The molecule has 3 rings (SSSR count). The lowest BCUT2D eigenvalue weighted by Gasteiger charge is -2.36. The molecule has 2 aliphatic rings. The van der Waals surface area contributed by atoms with Gasteiger partial charge in [0.25, 0.3) is 0 Å². The monoisotopic (exact) mass is 273 g/mol. The van der Waals surface area contributed by atoms with Crippen molar-refractivity contribution in [2.75, 3.05) is 18.0 Å². The van der Waals surface area contributed by atoms with Gasteiger partial charge in [-0.25, -0.2) is 4.98 Å². The fourth-order valence-electron chi connectivity index (χ4n) is 3.38. The summed E-state index contributed by atoms with van der Waals surface area (Å²) in [5.74, 6) is 2.72. The van der Waals surface area contributed by atoms with Gasteiger partial charge in [0.05, 0.1) is 0 Å². The first-order valence-electron chi connectivity index (χ1n) is 8.06. The van der Waals surface area contributed by atoms with E-state index < -0.39 is 0 Å². The molecule has 1 N–H and O–H groups in total. The molecule has 1 aromatic heterocycles. The Hall–Kier alpha value is -1.09. The molecule has 1 aliphatic carbocycles. The molecule has 3 nitrogen and oxygen atoms in total. The molecule has 110 valence electrons. The third-order valence-electron chi connectivity index (χ3n) is 4.36. The molecule has 0 amide bonds. The standard InChI is InChI=1S/C17H27N3/c1-12-6-13(2)11-20(10-12)17-8-15(7-14(3)19-17)9-18-16-4-5-16/h7-8,12-13,16,18H,4-6,9-11H2,1-3H3. The van der Waals surface area contributed by atoms with Crippen LogP contribution < -0.4 is 10.2 Å². The fraction of sp³-hybridized carbons (Fsp3) is 0.706. The van der Waals surface area contributed by atoms with Gasteiger partial charge in [0, 0.05) is 31.4 Å². The maximum atomic E-state index is 4.77. The van der Waals surface area contributed by atoms with E-state index in [1.807, 2.05) is 0 Å². The van der Waals surface area contributed by atoms with E-state index in [4.69, 9.17) is 4.98 Å². The zero-order valence-corrected chi connectivity index (χ0v) is 13.0. The number of aromatic nitrogens is 1. The number of nitrogens with zero attached hydrogens (tertiary/aromatic N) is 2. The number of nitrogens with one attached hydrogen (secondary N) is 1. The third kappa shape index (κ3) is 3.51. The van der Waals surface area contributed by atoms with Gasteiger partial charge in [-0.05, 0) is 55.7 Å². The van der Waals surface area contributed by atoms with Crippen LogP contribution in [0.2, 0.25) is 0 Å². The van der Waals surface area contributed by atoms with Crippen molar-refractivity contribution in [3.8, 4) is 0 Å². The van der Waals surface area contributed by atoms with Gasteiger partial charge < -0.3 is 10.2 Å². The summed E-state index contributed by atoms with van der Waals surface area (Å²) in [5.41, 5.74) is 2.52. The van der Waals surface area contributed by atoms with Gasteiger partial charge in [0.15, 0.2) is 0 Å². The van der Waals surface area contributed by atoms with Crippen molar-refractivity contribution in [2.24, 2.45) is 11.8 Å². The molecule has 1 aromatic rings. The minimum atomic E-state index is 0.766. The number of aryl methyl sites for hydroxylation is 1. The molecule has 2 fully saturated rings. The Morgan fingerprint density at radius 1 is 1.20 bits per heavy atom. The maximum Gasteiger partial charge on any atom is 0.129 e. The molecular formula is C17H27N3. The van der Waals surface area contributed by atoms with Gasteiger partial charge in [-0.15, -0.1) is 0 Å². The molecule has 0 spiro atoms. The van der Waals surface area contributed by atoms with E-state index in [1.54, 1.807) is 0 Å². The summed E-state index contributed by atoms with van der Waals surface area (Å²) in [5, 5.41) is 3.60. The lowest BCUT2D eigenvalue weighted by atomic mass is 9.92. The molecule has 1 aliphatic heterocycles. The van der Waals surface area contributed by atoms with Crippen molar-refractivity contribution in [3.05, 3.63) is 23.4 Å². The highest BCUT2D eigenvalue weighted by Crippen LogP contribution is 2.26. The zero-order chi connectivity index (χ0) is 14.1. The SMILES string of the molecule is Cc1cc(CNC2CC2)cc(N2CC(C)CC(C)C2)n1. The highest BCUT2D eigenvalue weighted by atomic mass is 15.2. The molecule has 0 bridgehead atoms. The lowest BCUT2D eigenvalue weighted by molar-refractivity contribution is 0.355. The van der Waals surface area contributed by atoms with Crippen LogP contribution in [0.15, 0.2) is 12.1 Å². The van der Waals surface area contributed by atoms with Crippen molar-refractivity contribution in [3.63, 3.8) is 0 Å². The van der Waals surface area contributed by atoms with E-state index in [1.165, 1.54) is 30.6 Å². The predicted octanol–water partition coefficient (Wildman–Crippen LogP) is 3.12. The van der Waals surface area contributed by atoms with Crippen molar-refractivity contribution in [2.45, 2.75) is 52.6 Å². The Balaban J connectivity index is 1.73. The fourth-order valence-corrected chi connectivity index (χ4v) is 3.38. The minimum absolute atomic E-state index is 0.766. The van der Waals surface area contributed by atoms with E-state index in [2.05, 4.69) is 43.1 Å². The summed E-state index contributed by atoms with van der Waals surface area (Å²) in [6.07, 6.45) is 4.04. The average Bonchev–Trinajstić information content (AvgIpc) is 3.18. The van der Waals surface area contributed by atoms with Gasteiger partial charge in [-0.3, -0.25) is 0 Å². The Labute approximate surface area is 122 Å². The topological polar surface area (TPSA) is 28.2 Å². The largest absolute Gasteiger partial charge is 0.356 e. The molecule has 20 heavy (non-hydrogen) atoms. The normalized spacial score (nSPS) is 26.9. The summed E-state index contributed by atoms with van der Waals surface area (Å²) < 4.78 is 0. The highest BCUT2D eigenvalue weighted by molar-refractivity contribution is 5.43. The summed E-state index contributed by atoms with van der Waals surface area (Å²) in [6, 6.07) is 5.27. The molecule has 1 saturated carbocycles. The van der Waals surface area contributed by atoms with Crippen LogP contribution in [-0.4, -0.2) is 24.1 Å². The van der Waals surface area contributed by atoms with Gasteiger partial charge in [0.2, 0.25) is 0 Å². The van der Waals surface area contributed by atoms with E-state index in [0.717, 1.165) is 43.2 Å². The van der Waals surface area contributed by atoms with Crippen LogP contribution in [0, 0.1) is 18.8 Å². The summed E-state index contributed by atoms with van der Waals surface area (Å²) in [4.78, 5) is 7.25. The molecule has 0 aromatic carbocycles. The number of pyridine rings is 1. The van der Waals surface area contributed by atoms with Gasteiger partial charge in [-0.1, -0.05) is 13.8 Å². The first-order chi connectivity index (χ1) is 9.60. The van der Waals surface area contributed by atoms with Crippen LogP contribution >= 0.6 is 0 Å². The third-order valence-corrected chi connectivity index (χ3v) is 4.36. The molecule has 0 radical (unpaired) electrons. The minimum Gasteiger partial charge on any atom is -0.356 e. The van der Waals surface area contributed by atoms with Crippen LogP contribution in [-0.2, 0) is 6.54 Å². The number of hydrogen-bond acceptors (Lipinski definition) is 3. The molecule has 2 heterocycles.